The topological polar surface area (TPSA) is 75.3 Å². The molecular weight excluding hydrogens is 168 g/mol. The van der Waals surface area contributed by atoms with E-state index in [1.807, 2.05) is 11.9 Å². The van der Waals surface area contributed by atoms with Crippen molar-refractivity contribution in [3.8, 4) is 0 Å². The Labute approximate surface area is 77.2 Å². The maximum atomic E-state index is 9.14. The van der Waals surface area contributed by atoms with Gasteiger partial charge in [-0.1, -0.05) is 0 Å². The molecule has 5 heteroatoms. The molecule has 1 aromatic rings. The van der Waals surface area contributed by atoms with Crippen molar-refractivity contribution in [1.29, 1.82) is 0 Å². The third-order valence-electron chi connectivity index (χ3n) is 1.59. The van der Waals surface area contributed by atoms with Gasteiger partial charge >= 0.3 is 0 Å². The van der Waals surface area contributed by atoms with Crippen molar-refractivity contribution >= 4 is 11.8 Å². The number of hydrogen-bond donors (Lipinski definition) is 2. The molecule has 0 spiro atoms. The predicted molar refractivity (Wildman–Crippen MR) is 51.4 cm³/mol. The average molecular weight is 182 g/mol. The van der Waals surface area contributed by atoms with E-state index in [4.69, 9.17) is 10.8 Å². The minimum absolute atomic E-state index is 0.245. The summed E-state index contributed by atoms with van der Waals surface area (Å²) in [6.07, 6.45) is 1.21. The number of rotatable bonds is 3. The van der Waals surface area contributed by atoms with E-state index in [-0.39, 0.29) is 12.1 Å². The van der Waals surface area contributed by atoms with Crippen molar-refractivity contribution in [2.24, 2.45) is 0 Å². The molecule has 1 aromatic heterocycles. The van der Waals surface area contributed by atoms with Crippen LogP contribution in [0.3, 0.4) is 0 Å². The van der Waals surface area contributed by atoms with Gasteiger partial charge in [0.15, 0.2) is 0 Å². The van der Waals surface area contributed by atoms with Gasteiger partial charge in [0.05, 0.1) is 6.10 Å². The van der Waals surface area contributed by atoms with Crippen LogP contribution in [0.1, 0.15) is 6.92 Å². The summed E-state index contributed by atoms with van der Waals surface area (Å²) in [6.45, 7) is 2.25. The van der Waals surface area contributed by atoms with Crippen LogP contribution in [0.2, 0.25) is 0 Å². The Morgan fingerprint density at radius 3 is 2.92 bits per heavy atom. The minimum atomic E-state index is -0.388. The van der Waals surface area contributed by atoms with Crippen molar-refractivity contribution in [1.82, 2.24) is 9.97 Å². The number of nitrogen functional groups attached to an aromatic ring is 1. The van der Waals surface area contributed by atoms with E-state index in [9.17, 15) is 0 Å². The molecule has 3 N–H and O–H groups in total. The number of nitrogens with zero attached hydrogens (tertiary/aromatic N) is 3. The van der Waals surface area contributed by atoms with Crippen molar-refractivity contribution in [2.75, 3.05) is 24.2 Å². The highest BCUT2D eigenvalue weighted by Gasteiger charge is 2.05. The van der Waals surface area contributed by atoms with Crippen LogP contribution in [-0.2, 0) is 0 Å². The molecule has 0 bridgehead atoms. The lowest BCUT2D eigenvalue weighted by molar-refractivity contribution is 0.201. The molecule has 0 saturated heterocycles. The summed E-state index contributed by atoms with van der Waals surface area (Å²) < 4.78 is 0. The van der Waals surface area contributed by atoms with Gasteiger partial charge in [0.25, 0.3) is 0 Å². The quantitative estimate of drug-likeness (QED) is 0.681. The highest BCUT2D eigenvalue weighted by Crippen LogP contribution is 2.08. The second kappa shape index (κ2) is 4.04. The number of hydrogen-bond acceptors (Lipinski definition) is 5. The van der Waals surface area contributed by atoms with Crippen LogP contribution in [0, 0.1) is 0 Å². The Kier molecular flexibility index (Phi) is 3.02. The summed E-state index contributed by atoms with van der Waals surface area (Å²) in [5, 5.41) is 9.14. The molecule has 0 aliphatic carbocycles. The molecule has 0 fully saturated rings. The maximum absolute atomic E-state index is 9.14. The third-order valence-corrected chi connectivity index (χ3v) is 1.59. The Morgan fingerprint density at radius 1 is 1.69 bits per heavy atom. The zero-order valence-corrected chi connectivity index (χ0v) is 7.81. The second-order valence-electron chi connectivity index (χ2n) is 3.00. The first-order valence-corrected chi connectivity index (χ1v) is 4.07. The summed E-state index contributed by atoms with van der Waals surface area (Å²) >= 11 is 0. The first kappa shape index (κ1) is 9.73. The number of aliphatic hydroxyl groups excluding tert-OH is 1. The van der Waals surface area contributed by atoms with Gasteiger partial charge in [-0.25, -0.2) is 4.98 Å². The molecule has 1 heterocycles. The van der Waals surface area contributed by atoms with E-state index in [2.05, 4.69) is 9.97 Å². The molecule has 5 nitrogen and oxygen atoms in total. The first-order valence-electron chi connectivity index (χ1n) is 4.07. The average Bonchev–Trinajstić information content (AvgIpc) is 2.03. The van der Waals surface area contributed by atoms with Gasteiger partial charge in [0, 0.05) is 19.8 Å². The van der Waals surface area contributed by atoms with E-state index in [1.165, 1.54) is 0 Å². The zero-order chi connectivity index (χ0) is 9.84. The number of nitrogens with two attached hydrogens (primary N) is 1. The fraction of sp³-hybridized carbons (Fsp3) is 0.500. The van der Waals surface area contributed by atoms with Crippen LogP contribution < -0.4 is 10.6 Å². The Bertz CT molecular complexity index is 277. The fourth-order valence-electron chi connectivity index (χ4n) is 1.07. The Morgan fingerprint density at radius 2 is 2.38 bits per heavy atom. The van der Waals surface area contributed by atoms with Gasteiger partial charge < -0.3 is 15.7 Å². The number of aromatic nitrogens is 2. The van der Waals surface area contributed by atoms with Crippen LogP contribution in [-0.4, -0.2) is 34.8 Å². The van der Waals surface area contributed by atoms with Crippen LogP contribution in [0.15, 0.2) is 12.3 Å². The third kappa shape index (κ3) is 2.87. The molecule has 0 radical (unpaired) electrons. The molecular formula is C8H14N4O. The van der Waals surface area contributed by atoms with Crippen LogP contribution in [0.25, 0.3) is 0 Å². The van der Waals surface area contributed by atoms with Crippen molar-refractivity contribution < 1.29 is 5.11 Å². The predicted octanol–water partition coefficient (Wildman–Crippen LogP) is -0.124. The number of likely N-dealkylation sites (N-methyl/N-ethyl adjacent to an activating group) is 1. The minimum Gasteiger partial charge on any atom is -0.392 e. The Hall–Kier alpha value is -1.36. The molecule has 13 heavy (non-hydrogen) atoms. The monoisotopic (exact) mass is 182 g/mol. The lowest BCUT2D eigenvalue weighted by Crippen LogP contribution is -2.27. The highest BCUT2D eigenvalue weighted by molar-refractivity contribution is 5.39. The van der Waals surface area contributed by atoms with E-state index in [0.717, 1.165) is 0 Å². The first-order chi connectivity index (χ1) is 6.09. The van der Waals surface area contributed by atoms with Crippen molar-refractivity contribution in [3.05, 3.63) is 12.3 Å². The number of aliphatic hydroxyl groups is 1. The molecule has 72 valence electrons. The van der Waals surface area contributed by atoms with Crippen LogP contribution >= 0.6 is 0 Å². The summed E-state index contributed by atoms with van der Waals surface area (Å²) in [5.74, 6) is 0.961. The van der Waals surface area contributed by atoms with E-state index in [1.54, 1.807) is 19.2 Å². The molecule has 1 unspecified atom stereocenters. The SMILES string of the molecule is CC(O)CN(C)c1ccnc(N)n1. The van der Waals surface area contributed by atoms with Crippen molar-refractivity contribution in [2.45, 2.75) is 13.0 Å². The standard InChI is InChI=1S/C8H14N4O/c1-6(13)5-12(2)7-3-4-10-8(9)11-7/h3-4,6,13H,5H2,1-2H3,(H2,9,10,11). The molecule has 0 aliphatic heterocycles. The van der Waals surface area contributed by atoms with Gasteiger partial charge in [-0.15, -0.1) is 0 Å². The number of anilines is 2. The van der Waals surface area contributed by atoms with E-state index >= 15 is 0 Å². The molecule has 0 saturated carbocycles. The normalized spacial score (nSPS) is 12.5. The summed E-state index contributed by atoms with van der Waals surface area (Å²) in [7, 11) is 1.84. The van der Waals surface area contributed by atoms with Gasteiger partial charge in [-0.05, 0) is 13.0 Å². The fourth-order valence-corrected chi connectivity index (χ4v) is 1.07. The highest BCUT2D eigenvalue weighted by atomic mass is 16.3. The van der Waals surface area contributed by atoms with Gasteiger partial charge in [0.1, 0.15) is 5.82 Å². The summed E-state index contributed by atoms with van der Waals surface area (Å²) in [6, 6.07) is 1.75. The molecule has 0 aliphatic rings. The zero-order valence-electron chi connectivity index (χ0n) is 7.81. The van der Waals surface area contributed by atoms with Gasteiger partial charge in [0.2, 0.25) is 5.95 Å². The smallest absolute Gasteiger partial charge is 0.221 e. The molecule has 1 atom stereocenters. The van der Waals surface area contributed by atoms with Crippen LogP contribution in [0.5, 0.6) is 0 Å². The summed E-state index contributed by atoms with van der Waals surface area (Å²) in [4.78, 5) is 9.61. The Balaban J connectivity index is 2.71. The molecule has 0 amide bonds. The van der Waals surface area contributed by atoms with E-state index in [0.29, 0.717) is 12.4 Å². The molecule has 1 rings (SSSR count). The van der Waals surface area contributed by atoms with Crippen molar-refractivity contribution in [3.63, 3.8) is 0 Å². The lowest BCUT2D eigenvalue weighted by atomic mass is 10.4. The second-order valence-corrected chi connectivity index (χ2v) is 3.00. The largest absolute Gasteiger partial charge is 0.392 e. The van der Waals surface area contributed by atoms with E-state index < -0.39 is 0 Å². The van der Waals surface area contributed by atoms with Gasteiger partial charge in [-0.2, -0.15) is 4.98 Å². The van der Waals surface area contributed by atoms with Gasteiger partial charge in [-0.3, -0.25) is 0 Å². The summed E-state index contributed by atoms with van der Waals surface area (Å²) in [5.41, 5.74) is 5.42. The molecule has 0 aromatic carbocycles. The maximum Gasteiger partial charge on any atom is 0.221 e. The van der Waals surface area contributed by atoms with Crippen LogP contribution in [0.4, 0.5) is 11.8 Å². The lowest BCUT2D eigenvalue weighted by Gasteiger charge is -2.19.